The summed E-state index contributed by atoms with van der Waals surface area (Å²) in [5.74, 6) is 6.25. The Morgan fingerprint density at radius 3 is 1.93 bits per heavy atom. The predicted molar refractivity (Wildman–Crippen MR) is 77.6 cm³/mol. The van der Waals surface area contributed by atoms with E-state index in [1.54, 1.807) is 0 Å². The molecule has 0 saturated carbocycles. The number of rotatable bonds is 2. The molecule has 0 aromatic heterocycles. The lowest BCUT2D eigenvalue weighted by Gasteiger charge is -2.12. The maximum Gasteiger partial charge on any atom is 0.0720 e. The Balaban J connectivity index is 0.000000292. The number of thiol groups is 2. The second-order valence-electron chi connectivity index (χ2n) is 2.96. The molecule has 0 aromatic rings. The minimum absolute atomic E-state index is 0.0553. The lowest BCUT2D eigenvalue weighted by atomic mass is 10.5. The van der Waals surface area contributed by atoms with Crippen molar-refractivity contribution < 1.29 is 5.11 Å². The van der Waals surface area contributed by atoms with E-state index in [9.17, 15) is 5.11 Å². The number of hydrogen-bond donors (Lipinski definition) is 3. The van der Waals surface area contributed by atoms with Crippen molar-refractivity contribution in [2.24, 2.45) is 0 Å². The summed E-state index contributed by atoms with van der Waals surface area (Å²) in [6.07, 6.45) is 2.37. The Morgan fingerprint density at radius 1 is 1.07 bits per heavy atom. The van der Waals surface area contributed by atoms with Crippen LogP contribution in [0, 0.1) is 0 Å². The largest absolute Gasteiger partial charge is 0.391 e. The van der Waals surface area contributed by atoms with E-state index in [1.165, 1.54) is 17.9 Å². The van der Waals surface area contributed by atoms with Crippen molar-refractivity contribution in [1.82, 2.24) is 0 Å². The molecule has 1 fully saturated rings. The zero-order valence-corrected chi connectivity index (χ0v) is 11.8. The summed E-state index contributed by atoms with van der Waals surface area (Å²) in [5.41, 5.74) is 0. The average Bonchev–Trinajstić information content (AvgIpc) is 2.14. The highest BCUT2D eigenvalue weighted by Gasteiger charge is 2.06. The van der Waals surface area contributed by atoms with E-state index < -0.39 is 0 Å². The smallest absolute Gasteiger partial charge is 0.0720 e. The normalized spacial score (nSPS) is 19.1. The van der Waals surface area contributed by atoms with Gasteiger partial charge in [-0.3, -0.25) is 0 Å². The highest BCUT2D eigenvalue weighted by Crippen LogP contribution is 2.15. The van der Waals surface area contributed by atoms with E-state index in [0.717, 1.165) is 29.4 Å². The molecule has 0 radical (unpaired) electrons. The second kappa shape index (κ2) is 12.4. The Hall–Kier alpha value is 1.36. The summed E-state index contributed by atoms with van der Waals surface area (Å²) in [7, 11) is 0. The molecule has 0 aliphatic carbocycles. The molecule has 1 N–H and O–H groups in total. The van der Waals surface area contributed by atoms with Gasteiger partial charge in [0.2, 0.25) is 0 Å². The first-order valence-corrected chi connectivity index (χ1v) is 8.44. The van der Waals surface area contributed by atoms with E-state index in [0.29, 0.717) is 0 Å². The molecular weight excluding hydrogens is 252 g/mol. The van der Waals surface area contributed by atoms with Crippen LogP contribution < -0.4 is 0 Å². The molecule has 1 nitrogen and oxygen atoms in total. The maximum atomic E-state index is 9.17. The zero-order chi connectivity index (χ0) is 10.6. The lowest BCUT2D eigenvalue weighted by Crippen LogP contribution is -2.15. The highest BCUT2D eigenvalue weighted by atomic mass is 32.2. The van der Waals surface area contributed by atoms with E-state index in [2.05, 4.69) is 25.3 Å². The molecule has 1 heterocycles. The van der Waals surface area contributed by atoms with E-state index in [4.69, 9.17) is 0 Å². The summed E-state index contributed by atoms with van der Waals surface area (Å²) in [4.78, 5) is 0. The van der Waals surface area contributed by atoms with Gasteiger partial charge in [-0.05, 0) is 35.9 Å². The molecule has 0 unspecified atom stereocenters. The third-order valence-corrected chi connectivity index (χ3v) is 4.54. The van der Waals surface area contributed by atoms with Crippen LogP contribution in [-0.2, 0) is 0 Å². The predicted octanol–water partition coefficient (Wildman–Crippen LogP) is 2.45. The quantitative estimate of drug-likeness (QED) is 0.672. The van der Waals surface area contributed by atoms with Crippen molar-refractivity contribution >= 4 is 48.8 Å². The third kappa shape index (κ3) is 11.4. The van der Waals surface area contributed by atoms with Crippen molar-refractivity contribution in [2.45, 2.75) is 18.9 Å². The zero-order valence-electron chi connectivity index (χ0n) is 8.39. The standard InChI is InChI=1S/C6H12OS2.C3H8S2/c7-6-4-8-2-1-3-9-5-6;4-2-1-3-5/h6-7H,1-5H2;4-5H,1-3H2. The first-order chi connectivity index (χ1) is 6.81. The van der Waals surface area contributed by atoms with Gasteiger partial charge in [0.25, 0.3) is 0 Å². The van der Waals surface area contributed by atoms with Gasteiger partial charge in [-0.15, -0.1) is 0 Å². The molecule has 0 bridgehead atoms. The summed E-state index contributed by atoms with van der Waals surface area (Å²) in [5, 5.41) is 9.17. The minimum atomic E-state index is -0.0553. The number of aliphatic hydroxyl groups excluding tert-OH is 1. The minimum Gasteiger partial charge on any atom is -0.391 e. The molecule has 5 heteroatoms. The second-order valence-corrected chi connectivity index (χ2v) is 6.15. The fourth-order valence-electron chi connectivity index (χ4n) is 0.821. The van der Waals surface area contributed by atoms with Crippen molar-refractivity contribution in [3.05, 3.63) is 0 Å². The molecule has 1 aliphatic rings. The van der Waals surface area contributed by atoms with Crippen molar-refractivity contribution in [3.63, 3.8) is 0 Å². The highest BCUT2D eigenvalue weighted by molar-refractivity contribution is 8.00. The monoisotopic (exact) mass is 272 g/mol. The van der Waals surface area contributed by atoms with Crippen LogP contribution in [0.5, 0.6) is 0 Å². The topological polar surface area (TPSA) is 20.2 Å². The van der Waals surface area contributed by atoms with Crippen LogP contribution in [0.25, 0.3) is 0 Å². The van der Waals surface area contributed by atoms with Crippen LogP contribution in [0.3, 0.4) is 0 Å². The lowest BCUT2D eigenvalue weighted by molar-refractivity contribution is 0.225. The van der Waals surface area contributed by atoms with Crippen molar-refractivity contribution in [3.8, 4) is 0 Å². The van der Waals surface area contributed by atoms with Crippen LogP contribution >= 0.6 is 48.8 Å². The molecular formula is C9H20OS4. The van der Waals surface area contributed by atoms with Crippen molar-refractivity contribution in [2.75, 3.05) is 34.5 Å². The Bertz CT molecular complexity index is 103. The molecule has 14 heavy (non-hydrogen) atoms. The van der Waals surface area contributed by atoms with Crippen LogP contribution in [0.4, 0.5) is 0 Å². The van der Waals surface area contributed by atoms with Crippen molar-refractivity contribution in [1.29, 1.82) is 0 Å². The van der Waals surface area contributed by atoms with Gasteiger partial charge in [0.15, 0.2) is 0 Å². The Labute approximate surface area is 107 Å². The molecule has 0 atom stereocenters. The van der Waals surface area contributed by atoms with Gasteiger partial charge >= 0.3 is 0 Å². The van der Waals surface area contributed by atoms with Gasteiger partial charge in [-0.25, -0.2) is 0 Å². The van der Waals surface area contributed by atoms with E-state index in [-0.39, 0.29) is 6.10 Å². The molecule has 0 amide bonds. The van der Waals surface area contributed by atoms with Gasteiger partial charge < -0.3 is 5.11 Å². The van der Waals surface area contributed by atoms with E-state index in [1.807, 2.05) is 23.5 Å². The van der Waals surface area contributed by atoms with Gasteiger partial charge in [0.1, 0.15) is 0 Å². The van der Waals surface area contributed by atoms with Gasteiger partial charge in [0.05, 0.1) is 6.10 Å². The fraction of sp³-hybridized carbons (Fsp3) is 1.00. The molecule has 1 aliphatic heterocycles. The first kappa shape index (κ1) is 15.4. The molecule has 1 saturated heterocycles. The molecule has 0 spiro atoms. The van der Waals surface area contributed by atoms with Crippen LogP contribution in [0.1, 0.15) is 12.8 Å². The summed E-state index contributed by atoms with van der Waals surface area (Å²) in [6.45, 7) is 0. The van der Waals surface area contributed by atoms with Crippen LogP contribution in [-0.4, -0.2) is 45.7 Å². The fourth-order valence-corrected chi connectivity index (χ4v) is 3.53. The number of thioether (sulfide) groups is 2. The summed E-state index contributed by atoms with van der Waals surface area (Å²) < 4.78 is 0. The van der Waals surface area contributed by atoms with Crippen LogP contribution in [0.15, 0.2) is 0 Å². The Kier molecular flexibility index (Phi) is 13.6. The van der Waals surface area contributed by atoms with Crippen LogP contribution in [0.2, 0.25) is 0 Å². The average molecular weight is 273 g/mol. The van der Waals surface area contributed by atoms with Gasteiger partial charge in [-0.2, -0.15) is 48.8 Å². The third-order valence-electron chi connectivity index (χ3n) is 1.51. The summed E-state index contributed by atoms with van der Waals surface area (Å²) >= 11 is 11.7. The SMILES string of the molecule is OC1CSCCCSC1.SCCCS. The molecule has 1 rings (SSSR count). The molecule has 86 valence electrons. The van der Waals surface area contributed by atoms with Gasteiger partial charge in [0, 0.05) is 11.5 Å². The first-order valence-electron chi connectivity index (χ1n) is 4.86. The number of hydrogen-bond acceptors (Lipinski definition) is 5. The summed E-state index contributed by atoms with van der Waals surface area (Å²) in [6, 6.07) is 0. The maximum absolute atomic E-state index is 9.17. The van der Waals surface area contributed by atoms with E-state index >= 15 is 0 Å². The Morgan fingerprint density at radius 2 is 1.57 bits per heavy atom. The van der Waals surface area contributed by atoms with Gasteiger partial charge in [-0.1, -0.05) is 0 Å². The molecule has 0 aromatic carbocycles. The number of aliphatic hydroxyl groups is 1.